The molecule has 0 aliphatic carbocycles. The Morgan fingerprint density at radius 2 is 1.83 bits per heavy atom. The van der Waals surface area contributed by atoms with E-state index >= 15 is 0 Å². The van der Waals surface area contributed by atoms with Crippen LogP contribution in [0.1, 0.15) is 22.7 Å². The number of aromatic nitrogens is 2. The molecule has 0 aliphatic rings. The van der Waals surface area contributed by atoms with Gasteiger partial charge in [-0.3, -0.25) is 0 Å². The van der Waals surface area contributed by atoms with Gasteiger partial charge in [0, 0.05) is 19.2 Å². The predicted molar refractivity (Wildman–Crippen MR) is 122 cm³/mol. The van der Waals surface area contributed by atoms with E-state index in [2.05, 4.69) is 46.1 Å². The first-order valence-corrected chi connectivity index (χ1v) is 10.7. The predicted octanol–water partition coefficient (Wildman–Crippen LogP) is 5.12. The number of nitrogens with two attached hydrogens (primary N) is 1. The van der Waals surface area contributed by atoms with Crippen LogP contribution in [-0.4, -0.2) is 23.8 Å². The molecule has 4 rings (SSSR count). The van der Waals surface area contributed by atoms with Gasteiger partial charge in [0.1, 0.15) is 11.5 Å². The van der Waals surface area contributed by atoms with Gasteiger partial charge in [-0.1, -0.05) is 18.2 Å². The SMILES string of the molecule is COc1ccc(C(Cc2cc(-c3ccsc3)ccc2OC)c2cn(C)c(N)n2)cc1. The molecule has 2 aromatic heterocycles. The fraction of sp³-hybridized carbons (Fsp3) is 0.208. The molecule has 5 nitrogen and oxygen atoms in total. The van der Waals surface area contributed by atoms with E-state index in [1.54, 1.807) is 25.6 Å². The molecule has 0 amide bonds. The quantitative estimate of drug-likeness (QED) is 0.451. The summed E-state index contributed by atoms with van der Waals surface area (Å²) < 4.78 is 12.9. The molecule has 1 atom stereocenters. The summed E-state index contributed by atoms with van der Waals surface area (Å²) in [4.78, 5) is 4.62. The number of nitrogens with zero attached hydrogens (tertiary/aromatic N) is 2. The topological polar surface area (TPSA) is 62.3 Å². The molecule has 2 aromatic carbocycles. The zero-order valence-electron chi connectivity index (χ0n) is 17.3. The van der Waals surface area contributed by atoms with Crippen LogP contribution in [0.25, 0.3) is 11.1 Å². The first-order valence-electron chi connectivity index (χ1n) is 9.71. The van der Waals surface area contributed by atoms with E-state index in [4.69, 9.17) is 15.2 Å². The molecule has 1 unspecified atom stereocenters. The van der Waals surface area contributed by atoms with E-state index in [0.29, 0.717) is 5.95 Å². The van der Waals surface area contributed by atoms with E-state index in [9.17, 15) is 0 Å². The molecule has 6 heteroatoms. The third kappa shape index (κ3) is 4.04. The number of imidazole rings is 1. The summed E-state index contributed by atoms with van der Waals surface area (Å²) in [5.41, 5.74) is 11.7. The number of ether oxygens (including phenoxy) is 2. The van der Waals surface area contributed by atoms with E-state index in [0.717, 1.165) is 34.7 Å². The summed E-state index contributed by atoms with van der Waals surface area (Å²) in [6, 6.07) is 16.6. The van der Waals surface area contributed by atoms with Gasteiger partial charge in [-0.05, 0) is 69.8 Å². The summed E-state index contributed by atoms with van der Waals surface area (Å²) >= 11 is 1.70. The third-order valence-electron chi connectivity index (χ3n) is 5.37. The van der Waals surface area contributed by atoms with Crippen LogP contribution >= 0.6 is 11.3 Å². The average Bonchev–Trinajstić information content (AvgIpc) is 3.42. The molecule has 154 valence electrons. The lowest BCUT2D eigenvalue weighted by molar-refractivity contribution is 0.408. The van der Waals surface area contributed by atoms with Crippen LogP contribution in [0.15, 0.2) is 65.5 Å². The van der Waals surface area contributed by atoms with Crippen LogP contribution in [0.5, 0.6) is 11.5 Å². The van der Waals surface area contributed by atoms with Gasteiger partial charge in [0.25, 0.3) is 0 Å². The molecule has 0 bridgehead atoms. The highest BCUT2D eigenvalue weighted by molar-refractivity contribution is 7.08. The lowest BCUT2D eigenvalue weighted by Gasteiger charge is -2.18. The Balaban J connectivity index is 1.76. The van der Waals surface area contributed by atoms with E-state index < -0.39 is 0 Å². The number of rotatable bonds is 7. The number of nitrogen functional groups attached to an aromatic ring is 1. The van der Waals surface area contributed by atoms with Gasteiger partial charge < -0.3 is 19.8 Å². The van der Waals surface area contributed by atoms with Gasteiger partial charge in [-0.25, -0.2) is 4.98 Å². The Morgan fingerprint density at radius 3 is 2.43 bits per heavy atom. The maximum absolute atomic E-state index is 6.05. The van der Waals surface area contributed by atoms with Crippen molar-refractivity contribution in [3.63, 3.8) is 0 Å². The van der Waals surface area contributed by atoms with Crippen LogP contribution in [0.2, 0.25) is 0 Å². The largest absolute Gasteiger partial charge is 0.497 e. The van der Waals surface area contributed by atoms with Crippen molar-refractivity contribution in [1.29, 1.82) is 0 Å². The molecular formula is C24H25N3O2S. The van der Waals surface area contributed by atoms with Gasteiger partial charge in [0.2, 0.25) is 0 Å². The summed E-state index contributed by atoms with van der Waals surface area (Å²) in [6.07, 6.45) is 2.74. The van der Waals surface area contributed by atoms with Crippen molar-refractivity contribution in [2.75, 3.05) is 20.0 Å². The number of hydrogen-bond donors (Lipinski definition) is 1. The lowest BCUT2D eigenvalue weighted by Crippen LogP contribution is -2.07. The van der Waals surface area contributed by atoms with Crippen molar-refractivity contribution in [2.24, 2.45) is 7.05 Å². The molecule has 0 saturated heterocycles. The Labute approximate surface area is 180 Å². The fourth-order valence-corrected chi connectivity index (χ4v) is 4.33. The van der Waals surface area contributed by atoms with Crippen molar-refractivity contribution >= 4 is 17.3 Å². The summed E-state index contributed by atoms with van der Waals surface area (Å²) in [7, 11) is 5.30. The monoisotopic (exact) mass is 419 g/mol. The average molecular weight is 420 g/mol. The molecule has 2 heterocycles. The van der Waals surface area contributed by atoms with Crippen LogP contribution in [0.4, 0.5) is 5.95 Å². The molecular weight excluding hydrogens is 394 g/mol. The molecule has 0 spiro atoms. The molecule has 0 fully saturated rings. The fourth-order valence-electron chi connectivity index (χ4n) is 3.67. The van der Waals surface area contributed by atoms with Crippen LogP contribution in [0, 0.1) is 0 Å². The van der Waals surface area contributed by atoms with Gasteiger partial charge in [0.15, 0.2) is 5.95 Å². The van der Waals surface area contributed by atoms with E-state index in [1.807, 2.05) is 36.0 Å². The molecule has 0 radical (unpaired) electrons. The zero-order chi connectivity index (χ0) is 21.1. The molecule has 4 aromatic rings. The number of aryl methyl sites for hydroxylation is 1. The second-order valence-corrected chi connectivity index (χ2v) is 7.98. The van der Waals surface area contributed by atoms with Crippen LogP contribution < -0.4 is 15.2 Å². The highest BCUT2D eigenvalue weighted by Gasteiger charge is 2.21. The van der Waals surface area contributed by atoms with Crippen molar-refractivity contribution in [1.82, 2.24) is 9.55 Å². The smallest absolute Gasteiger partial charge is 0.200 e. The van der Waals surface area contributed by atoms with Crippen molar-refractivity contribution < 1.29 is 9.47 Å². The molecule has 30 heavy (non-hydrogen) atoms. The number of anilines is 1. The molecule has 2 N–H and O–H groups in total. The first kappa shape index (κ1) is 20.0. The number of hydrogen-bond acceptors (Lipinski definition) is 5. The van der Waals surface area contributed by atoms with Gasteiger partial charge in [0.05, 0.1) is 19.9 Å². The molecule has 0 aliphatic heterocycles. The summed E-state index contributed by atoms with van der Waals surface area (Å²) in [5.74, 6) is 2.24. The van der Waals surface area contributed by atoms with Crippen LogP contribution in [0.3, 0.4) is 0 Å². The van der Waals surface area contributed by atoms with Gasteiger partial charge >= 0.3 is 0 Å². The molecule has 0 saturated carbocycles. The third-order valence-corrected chi connectivity index (χ3v) is 6.05. The van der Waals surface area contributed by atoms with E-state index in [-0.39, 0.29) is 5.92 Å². The Kier molecular flexibility index (Phi) is 5.77. The minimum absolute atomic E-state index is 0.0334. The maximum Gasteiger partial charge on any atom is 0.200 e. The first-order chi connectivity index (χ1) is 14.6. The summed E-state index contributed by atoms with van der Waals surface area (Å²) in [6.45, 7) is 0. The normalized spacial score (nSPS) is 12.0. The van der Waals surface area contributed by atoms with Crippen LogP contribution in [-0.2, 0) is 13.5 Å². The maximum atomic E-state index is 6.05. The van der Waals surface area contributed by atoms with E-state index in [1.165, 1.54) is 11.1 Å². The summed E-state index contributed by atoms with van der Waals surface area (Å²) in [5, 5.41) is 4.25. The zero-order valence-corrected chi connectivity index (χ0v) is 18.1. The highest BCUT2D eigenvalue weighted by Crippen LogP contribution is 2.35. The number of benzene rings is 2. The Hall–Kier alpha value is -3.25. The number of thiophene rings is 1. The minimum Gasteiger partial charge on any atom is -0.497 e. The van der Waals surface area contributed by atoms with Crippen molar-refractivity contribution in [3.05, 3.63) is 82.3 Å². The lowest BCUT2D eigenvalue weighted by atomic mass is 9.88. The highest BCUT2D eigenvalue weighted by atomic mass is 32.1. The van der Waals surface area contributed by atoms with Crippen molar-refractivity contribution in [3.8, 4) is 22.6 Å². The van der Waals surface area contributed by atoms with Gasteiger partial charge in [-0.15, -0.1) is 0 Å². The minimum atomic E-state index is 0.0334. The number of methoxy groups -OCH3 is 2. The van der Waals surface area contributed by atoms with Crippen molar-refractivity contribution in [2.45, 2.75) is 12.3 Å². The second kappa shape index (κ2) is 8.63. The Morgan fingerprint density at radius 1 is 1.03 bits per heavy atom. The second-order valence-electron chi connectivity index (χ2n) is 7.20. The Bertz CT molecular complexity index is 1100. The van der Waals surface area contributed by atoms with Gasteiger partial charge in [-0.2, -0.15) is 11.3 Å². The standard InChI is InChI=1S/C24H25N3O2S/c1-27-14-22(26-24(27)25)21(16-4-7-20(28-2)8-5-16)13-19-12-17(6-9-23(19)29-3)18-10-11-30-15-18/h4-12,14-15,21H,13H2,1-3H3,(H2,25,26).